The molecule has 7 heteroatoms. The van der Waals surface area contributed by atoms with Crippen molar-refractivity contribution in [3.63, 3.8) is 0 Å². The van der Waals surface area contributed by atoms with E-state index in [1.165, 1.54) is 32.1 Å². The van der Waals surface area contributed by atoms with E-state index in [0.29, 0.717) is 23.3 Å². The lowest BCUT2D eigenvalue weighted by atomic mass is 9.94. The maximum absolute atomic E-state index is 12.8. The molecule has 27 heavy (non-hydrogen) atoms. The maximum atomic E-state index is 12.8. The Labute approximate surface area is 165 Å². The Balaban J connectivity index is 1.34. The maximum Gasteiger partial charge on any atom is 0.276 e. The number of amides is 1. The highest BCUT2D eigenvalue weighted by Gasteiger charge is 2.28. The third-order valence-electron chi connectivity index (χ3n) is 5.74. The third kappa shape index (κ3) is 4.33. The lowest BCUT2D eigenvalue weighted by Crippen LogP contribution is -2.52. The van der Waals surface area contributed by atoms with Gasteiger partial charge in [-0.15, -0.1) is 5.10 Å². The zero-order valence-corrected chi connectivity index (χ0v) is 16.3. The van der Waals surface area contributed by atoms with Gasteiger partial charge in [-0.1, -0.05) is 54.3 Å². The van der Waals surface area contributed by atoms with Crippen LogP contribution in [0.5, 0.6) is 0 Å². The highest BCUT2D eigenvalue weighted by atomic mass is 35.5. The summed E-state index contributed by atoms with van der Waals surface area (Å²) in [6.07, 6.45) is 8.41. The van der Waals surface area contributed by atoms with Gasteiger partial charge in [-0.05, 0) is 24.5 Å². The van der Waals surface area contributed by atoms with Gasteiger partial charge in [0.2, 0.25) is 0 Å². The predicted molar refractivity (Wildman–Crippen MR) is 105 cm³/mol. The highest BCUT2D eigenvalue weighted by Crippen LogP contribution is 2.23. The molecule has 1 saturated carbocycles. The number of aromatic nitrogens is 3. The van der Waals surface area contributed by atoms with Crippen molar-refractivity contribution >= 4 is 17.5 Å². The Hall–Kier alpha value is -1.92. The smallest absolute Gasteiger partial charge is 0.276 e. The van der Waals surface area contributed by atoms with Crippen LogP contribution < -0.4 is 0 Å². The number of halogens is 1. The van der Waals surface area contributed by atoms with E-state index in [9.17, 15) is 4.79 Å². The van der Waals surface area contributed by atoms with Crippen LogP contribution in [0.25, 0.3) is 0 Å². The van der Waals surface area contributed by atoms with Gasteiger partial charge < -0.3 is 4.90 Å². The van der Waals surface area contributed by atoms with Gasteiger partial charge in [-0.3, -0.25) is 9.69 Å². The Morgan fingerprint density at radius 2 is 1.81 bits per heavy atom. The Morgan fingerprint density at radius 1 is 1.07 bits per heavy atom. The van der Waals surface area contributed by atoms with E-state index in [2.05, 4.69) is 15.2 Å². The van der Waals surface area contributed by atoms with Crippen LogP contribution in [0.4, 0.5) is 0 Å². The zero-order chi connectivity index (χ0) is 18.6. The summed E-state index contributed by atoms with van der Waals surface area (Å²) in [4.78, 5) is 17.3. The summed E-state index contributed by atoms with van der Waals surface area (Å²) >= 11 is 6.20. The van der Waals surface area contributed by atoms with Crippen LogP contribution in [0.15, 0.2) is 30.5 Å². The van der Waals surface area contributed by atoms with E-state index in [4.69, 9.17) is 11.6 Å². The lowest BCUT2D eigenvalue weighted by molar-refractivity contribution is 0.0518. The van der Waals surface area contributed by atoms with Crippen molar-refractivity contribution in [2.45, 2.75) is 44.7 Å². The number of carbonyl (C=O) groups is 1. The van der Waals surface area contributed by atoms with Crippen molar-refractivity contribution in [1.82, 2.24) is 24.8 Å². The summed E-state index contributed by atoms with van der Waals surface area (Å²) in [5.74, 6) is -0.0243. The lowest BCUT2D eigenvalue weighted by Gasteiger charge is -2.40. The van der Waals surface area contributed by atoms with Crippen LogP contribution in [0.2, 0.25) is 5.02 Å². The molecule has 1 aromatic heterocycles. The largest absolute Gasteiger partial charge is 0.335 e. The monoisotopic (exact) mass is 387 g/mol. The summed E-state index contributed by atoms with van der Waals surface area (Å²) < 4.78 is 1.67. The molecule has 2 aliphatic rings. The molecule has 0 N–H and O–H groups in total. The van der Waals surface area contributed by atoms with Crippen LogP contribution in [0, 0.1) is 0 Å². The molecule has 1 saturated heterocycles. The first-order chi connectivity index (χ1) is 13.2. The van der Waals surface area contributed by atoms with E-state index >= 15 is 0 Å². The number of hydrogen-bond acceptors (Lipinski definition) is 4. The van der Waals surface area contributed by atoms with Crippen LogP contribution in [-0.4, -0.2) is 62.9 Å². The van der Waals surface area contributed by atoms with Gasteiger partial charge in [0, 0.05) is 37.2 Å². The highest BCUT2D eigenvalue weighted by molar-refractivity contribution is 6.31. The molecule has 6 nitrogen and oxygen atoms in total. The summed E-state index contributed by atoms with van der Waals surface area (Å²) in [6.45, 7) is 3.98. The molecule has 0 unspecified atom stereocenters. The van der Waals surface area contributed by atoms with E-state index in [1.54, 1.807) is 10.9 Å². The molecule has 2 fully saturated rings. The fourth-order valence-corrected chi connectivity index (χ4v) is 4.37. The summed E-state index contributed by atoms with van der Waals surface area (Å²) in [6, 6.07) is 8.36. The zero-order valence-electron chi connectivity index (χ0n) is 15.6. The quantitative estimate of drug-likeness (QED) is 0.809. The SMILES string of the molecule is O=C(c1cn(Cc2ccccc2Cl)nn1)N1CCN(C2CCCCC2)CC1. The van der Waals surface area contributed by atoms with Gasteiger partial charge in [0.15, 0.2) is 5.69 Å². The first kappa shape index (κ1) is 18.4. The van der Waals surface area contributed by atoms with Crippen LogP contribution in [0.3, 0.4) is 0 Å². The standard InChI is InChI=1S/C20H26ClN5O/c21-18-9-5-4-6-16(18)14-26-15-19(22-23-26)20(27)25-12-10-24(11-13-25)17-7-2-1-3-8-17/h4-6,9,15,17H,1-3,7-8,10-14H2. The Bertz CT molecular complexity index is 778. The van der Waals surface area contributed by atoms with Crippen LogP contribution in [0.1, 0.15) is 48.2 Å². The van der Waals surface area contributed by atoms with Gasteiger partial charge in [0.25, 0.3) is 5.91 Å². The minimum absolute atomic E-state index is 0.0243. The fourth-order valence-electron chi connectivity index (χ4n) is 4.17. The molecular weight excluding hydrogens is 362 g/mol. The number of hydrogen-bond donors (Lipinski definition) is 0. The molecular formula is C20H26ClN5O. The van der Waals surface area contributed by atoms with Crippen molar-refractivity contribution in [3.05, 3.63) is 46.7 Å². The predicted octanol–water partition coefficient (Wildman–Crippen LogP) is 3.07. The number of rotatable bonds is 4. The molecule has 4 rings (SSSR count). The third-order valence-corrected chi connectivity index (χ3v) is 6.11. The van der Waals surface area contributed by atoms with Gasteiger partial charge in [0.1, 0.15) is 0 Å². The summed E-state index contributed by atoms with van der Waals surface area (Å²) in [5.41, 5.74) is 1.37. The van der Waals surface area contributed by atoms with Gasteiger partial charge in [0.05, 0.1) is 12.7 Å². The first-order valence-corrected chi connectivity index (χ1v) is 10.3. The Morgan fingerprint density at radius 3 is 2.56 bits per heavy atom. The van der Waals surface area contributed by atoms with Crippen molar-refractivity contribution in [1.29, 1.82) is 0 Å². The number of piperazine rings is 1. The van der Waals surface area contributed by atoms with Crippen LogP contribution >= 0.6 is 11.6 Å². The fraction of sp³-hybridized carbons (Fsp3) is 0.550. The van der Waals surface area contributed by atoms with Crippen molar-refractivity contribution in [3.8, 4) is 0 Å². The normalized spacial score (nSPS) is 19.4. The molecule has 0 spiro atoms. The van der Waals surface area contributed by atoms with E-state index in [0.717, 1.165) is 31.7 Å². The topological polar surface area (TPSA) is 54.3 Å². The van der Waals surface area contributed by atoms with E-state index < -0.39 is 0 Å². The van der Waals surface area contributed by atoms with E-state index in [-0.39, 0.29) is 5.91 Å². The second-order valence-corrected chi connectivity index (χ2v) is 7.92. The molecule has 1 aliphatic carbocycles. The molecule has 0 radical (unpaired) electrons. The first-order valence-electron chi connectivity index (χ1n) is 9.87. The van der Waals surface area contributed by atoms with Crippen molar-refractivity contribution in [2.24, 2.45) is 0 Å². The number of carbonyl (C=O) groups excluding carboxylic acids is 1. The van der Waals surface area contributed by atoms with Crippen molar-refractivity contribution < 1.29 is 4.79 Å². The molecule has 0 atom stereocenters. The second kappa shape index (κ2) is 8.40. The van der Waals surface area contributed by atoms with Crippen molar-refractivity contribution in [2.75, 3.05) is 26.2 Å². The van der Waals surface area contributed by atoms with Gasteiger partial charge in [-0.2, -0.15) is 0 Å². The molecule has 2 aromatic rings. The van der Waals surface area contributed by atoms with E-state index in [1.807, 2.05) is 29.2 Å². The average Bonchev–Trinajstić information content (AvgIpc) is 3.18. The molecule has 144 valence electrons. The Kier molecular flexibility index (Phi) is 5.74. The average molecular weight is 388 g/mol. The molecule has 2 heterocycles. The van der Waals surface area contributed by atoms with Gasteiger partial charge in [-0.25, -0.2) is 4.68 Å². The molecule has 0 bridgehead atoms. The van der Waals surface area contributed by atoms with Crippen LogP contribution in [-0.2, 0) is 6.54 Å². The molecule has 1 aromatic carbocycles. The number of nitrogens with zero attached hydrogens (tertiary/aromatic N) is 5. The summed E-state index contributed by atoms with van der Waals surface area (Å²) in [5, 5.41) is 8.89. The van der Waals surface area contributed by atoms with Gasteiger partial charge >= 0.3 is 0 Å². The summed E-state index contributed by atoms with van der Waals surface area (Å²) in [7, 11) is 0. The number of benzene rings is 1. The second-order valence-electron chi connectivity index (χ2n) is 7.51. The molecule has 1 aliphatic heterocycles. The minimum atomic E-state index is -0.0243. The minimum Gasteiger partial charge on any atom is -0.335 e. The molecule has 1 amide bonds.